The Morgan fingerprint density at radius 3 is 2.70 bits per heavy atom. The predicted molar refractivity (Wildman–Crippen MR) is 107 cm³/mol. The average molecular weight is 419 g/mol. The summed E-state index contributed by atoms with van der Waals surface area (Å²) in [6.07, 6.45) is -3.76. The number of rotatable bonds is 4. The van der Waals surface area contributed by atoms with Crippen LogP contribution in [0.25, 0.3) is 0 Å². The van der Waals surface area contributed by atoms with Crippen LogP contribution in [0.1, 0.15) is 47.9 Å². The van der Waals surface area contributed by atoms with Crippen molar-refractivity contribution in [1.82, 2.24) is 15.0 Å². The fourth-order valence-electron chi connectivity index (χ4n) is 3.88. The molecule has 3 atom stereocenters. The Balaban J connectivity index is 1.54. The van der Waals surface area contributed by atoms with E-state index in [9.17, 15) is 13.2 Å². The van der Waals surface area contributed by atoms with Gasteiger partial charge in [0.05, 0.1) is 17.3 Å². The van der Waals surface area contributed by atoms with E-state index in [2.05, 4.69) is 25.6 Å². The fourth-order valence-corrected chi connectivity index (χ4v) is 3.88. The molecule has 9 heteroatoms. The lowest BCUT2D eigenvalue weighted by Gasteiger charge is -2.31. The molecule has 4 rings (SSSR count). The zero-order valence-electron chi connectivity index (χ0n) is 16.4. The van der Waals surface area contributed by atoms with Gasteiger partial charge in [0, 0.05) is 23.1 Å². The average Bonchev–Trinajstić information content (AvgIpc) is 3.08. The number of para-hydroxylation sites is 1. The lowest BCUT2D eigenvalue weighted by molar-refractivity contribution is -0.136. The van der Waals surface area contributed by atoms with Gasteiger partial charge in [-0.3, -0.25) is 0 Å². The number of hydrogen-bond donors (Lipinski definition) is 3. The molecule has 30 heavy (non-hydrogen) atoms. The highest BCUT2D eigenvalue weighted by molar-refractivity contribution is 5.60. The van der Waals surface area contributed by atoms with Crippen LogP contribution in [0.15, 0.2) is 42.6 Å². The third kappa shape index (κ3) is 3.96. The summed E-state index contributed by atoms with van der Waals surface area (Å²) in [5, 5.41) is 5.69. The van der Waals surface area contributed by atoms with Crippen LogP contribution in [0.2, 0.25) is 0 Å². The van der Waals surface area contributed by atoms with Crippen molar-refractivity contribution in [2.45, 2.75) is 44.6 Å². The Hall–Kier alpha value is -3.10. The summed E-state index contributed by atoms with van der Waals surface area (Å²) in [5.41, 5.74) is 1.49. The number of benzene rings is 1. The van der Waals surface area contributed by atoms with Gasteiger partial charge in [-0.25, -0.2) is 9.37 Å². The van der Waals surface area contributed by atoms with Gasteiger partial charge in [0.15, 0.2) is 0 Å². The number of aromatic nitrogens is 3. The summed E-state index contributed by atoms with van der Waals surface area (Å²) >= 11 is 0. The van der Waals surface area contributed by atoms with Crippen molar-refractivity contribution < 1.29 is 17.6 Å². The number of fused-ring (bicyclic) bond motifs is 1. The van der Waals surface area contributed by atoms with Crippen molar-refractivity contribution in [1.29, 1.82) is 0 Å². The fraction of sp³-hybridized carbons (Fsp3) is 0.333. The maximum atomic E-state index is 15.1. The minimum absolute atomic E-state index is 0.00542. The highest BCUT2D eigenvalue weighted by atomic mass is 19.4. The Morgan fingerprint density at radius 2 is 1.93 bits per heavy atom. The van der Waals surface area contributed by atoms with E-state index in [4.69, 9.17) is 0 Å². The first kappa shape index (κ1) is 20.2. The van der Waals surface area contributed by atoms with Crippen molar-refractivity contribution >= 4 is 17.5 Å². The molecular formula is C21H21F4N5. The second kappa shape index (κ2) is 7.62. The van der Waals surface area contributed by atoms with Crippen LogP contribution >= 0.6 is 0 Å². The molecule has 3 aromatic rings. The normalized spacial score (nSPS) is 21.2. The van der Waals surface area contributed by atoms with Crippen LogP contribution in [0.3, 0.4) is 0 Å². The van der Waals surface area contributed by atoms with Crippen LogP contribution < -0.4 is 10.6 Å². The minimum Gasteiger partial charge on any atom is -0.364 e. The topological polar surface area (TPSA) is 65.6 Å². The van der Waals surface area contributed by atoms with Gasteiger partial charge in [-0.15, -0.1) is 0 Å². The molecule has 1 aliphatic rings. The molecule has 3 unspecified atom stereocenters. The highest BCUT2D eigenvalue weighted by Gasteiger charge is 2.35. The van der Waals surface area contributed by atoms with Crippen LogP contribution in [0, 0.1) is 6.92 Å². The summed E-state index contributed by atoms with van der Waals surface area (Å²) in [4.78, 5) is 11.4. The molecule has 0 amide bonds. The lowest BCUT2D eigenvalue weighted by Crippen LogP contribution is -2.31. The molecule has 0 fully saturated rings. The van der Waals surface area contributed by atoms with E-state index in [1.54, 1.807) is 6.07 Å². The Kier molecular flexibility index (Phi) is 5.13. The maximum Gasteiger partial charge on any atom is 0.418 e. The number of anilines is 3. The second-order valence-electron chi connectivity index (χ2n) is 7.54. The standard InChI is InChI=1S/C21H21F4N5/c1-11-9-16(18(22)13-10-12(2)27-19(11)13)28-17-7-8-26-20(30-17)29-15-6-4-3-5-14(15)21(23,24)25/h3-8,10-11,16,18,27H,9H2,1-2H3,(H2,26,28,29,30). The van der Waals surface area contributed by atoms with Crippen molar-refractivity contribution in [3.05, 3.63) is 65.1 Å². The minimum atomic E-state index is -4.51. The number of aryl methyl sites for hydroxylation is 1. The number of hydrogen-bond acceptors (Lipinski definition) is 4. The molecule has 0 radical (unpaired) electrons. The molecule has 2 aromatic heterocycles. The number of nitrogens with zero attached hydrogens (tertiary/aromatic N) is 2. The van der Waals surface area contributed by atoms with Gasteiger partial charge >= 0.3 is 6.18 Å². The van der Waals surface area contributed by atoms with E-state index in [1.807, 2.05) is 19.9 Å². The SMILES string of the molecule is Cc1cc2c([nH]1)C(C)CC(Nc1ccnc(Nc3ccccc3C(F)(F)F)n1)C2F. The molecule has 1 aromatic carbocycles. The molecule has 1 aliphatic carbocycles. The van der Waals surface area contributed by atoms with E-state index in [0.29, 0.717) is 17.8 Å². The maximum absolute atomic E-state index is 15.1. The van der Waals surface area contributed by atoms with Crippen molar-refractivity contribution in [3.63, 3.8) is 0 Å². The molecule has 0 aliphatic heterocycles. The molecule has 5 nitrogen and oxygen atoms in total. The monoisotopic (exact) mass is 419 g/mol. The summed E-state index contributed by atoms with van der Waals surface area (Å²) in [6.45, 7) is 3.91. The van der Waals surface area contributed by atoms with E-state index in [1.165, 1.54) is 24.4 Å². The summed E-state index contributed by atoms with van der Waals surface area (Å²) < 4.78 is 54.7. The highest BCUT2D eigenvalue weighted by Crippen LogP contribution is 2.41. The molecule has 2 heterocycles. The lowest BCUT2D eigenvalue weighted by atomic mass is 9.84. The third-order valence-electron chi connectivity index (χ3n) is 5.23. The zero-order valence-corrected chi connectivity index (χ0v) is 16.4. The number of H-pyrrole nitrogens is 1. The largest absolute Gasteiger partial charge is 0.418 e. The van der Waals surface area contributed by atoms with Crippen molar-refractivity contribution in [3.8, 4) is 0 Å². The molecule has 0 bridgehead atoms. The number of aromatic amines is 1. The van der Waals surface area contributed by atoms with E-state index in [0.717, 1.165) is 17.5 Å². The first-order chi connectivity index (χ1) is 14.2. The van der Waals surface area contributed by atoms with Gasteiger partial charge in [-0.05, 0) is 43.5 Å². The van der Waals surface area contributed by atoms with Gasteiger partial charge in [-0.1, -0.05) is 19.1 Å². The summed E-state index contributed by atoms with van der Waals surface area (Å²) in [5.74, 6) is 0.470. The van der Waals surface area contributed by atoms with Gasteiger partial charge in [0.2, 0.25) is 5.95 Å². The van der Waals surface area contributed by atoms with Gasteiger partial charge in [-0.2, -0.15) is 18.2 Å². The zero-order chi connectivity index (χ0) is 21.5. The first-order valence-electron chi connectivity index (χ1n) is 9.58. The summed E-state index contributed by atoms with van der Waals surface area (Å²) in [6, 6.07) is 7.97. The number of nitrogens with one attached hydrogen (secondary N) is 3. The first-order valence-corrected chi connectivity index (χ1v) is 9.58. The van der Waals surface area contributed by atoms with Gasteiger partial charge < -0.3 is 15.6 Å². The smallest absolute Gasteiger partial charge is 0.364 e. The predicted octanol–water partition coefficient (Wildman–Crippen LogP) is 5.87. The second-order valence-corrected chi connectivity index (χ2v) is 7.54. The number of halogens is 4. The van der Waals surface area contributed by atoms with E-state index < -0.39 is 24.0 Å². The van der Waals surface area contributed by atoms with E-state index in [-0.39, 0.29) is 17.6 Å². The molecule has 0 saturated heterocycles. The van der Waals surface area contributed by atoms with Crippen LogP contribution in [0.5, 0.6) is 0 Å². The van der Waals surface area contributed by atoms with Crippen molar-refractivity contribution in [2.24, 2.45) is 0 Å². The van der Waals surface area contributed by atoms with Crippen molar-refractivity contribution in [2.75, 3.05) is 10.6 Å². The van der Waals surface area contributed by atoms with Gasteiger partial charge in [0.25, 0.3) is 0 Å². The molecule has 3 N–H and O–H groups in total. The van der Waals surface area contributed by atoms with Crippen LogP contribution in [0.4, 0.5) is 35.0 Å². The molecular weight excluding hydrogens is 398 g/mol. The Labute approximate surface area is 171 Å². The van der Waals surface area contributed by atoms with Crippen LogP contribution in [-0.2, 0) is 6.18 Å². The third-order valence-corrected chi connectivity index (χ3v) is 5.23. The molecule has 158 valence electrons. The quantitative estimate of drug-likeness (QED) is 0.463. The van der Waals surface area contributed by atoms with Crippen LogP contribution in [-0.4, -0.2) is 21.0 Å². The van der Waals surface area contributed by atoms with E-state index >= 15 is 4.39 Å². The molecule has 0 saturated carbocycles. The number of alkyl halides is 4. The Bertz CT molecular complexity index is 1050. The summed E-state index contributed by atoms with van der Waals surface area (Å²) in [7, 11) is 0. The Morgan fingerprint density at radius 1 is 1.17 bits per heavy atom. The molecule has 0 spiro atoms. The van der Waals surface area contributed by atoms with Gasteiger partial charge in [0.1, 0.15) is 12.0 Å².